The molecule has 0 aromatic heterocycles. The van der Waals surface area contributed by atoms with Crippen molar-refractivity contribution < 1.29 is 31.2 Å². The second-order valence-corrected chi connectivity index (χ2v) is 13.1. The average Bonchev–Trinajstić information content (AvgIpc) is 2.96. The van der Waals surface area contributed by atoms with Crippen molar-refractivity contribution in [2.75, 3.05) is 10.8 Å². The summed E-state index contributed by atoms with van der Waals surface area (Å²) in [5.41, 5.74) is -0.314. The maximum atomic E-state index is 14.1. The Morgan fingerprint density at radius 1 is 0.932 bits per heavy atom. The van der Waals surface area contributed by atoms with Gasteiger partial charge in [0.15, 0.2) is 0 Å². The topological polar surface area (TPSA) is 86.8 Å². The van der Waals surface area contributed by atoms with Gasteiger partial charge in [0.2, 0.25) is 11.8 Å². The van der Waals surface area contributed by atoms with E-state index in [0.717, 1.165) is 17.7 Å². The van der Waals surface area contributed by atoms with Crippen molar-refractivity contribution in [3.8, 4) is 0 Å². The molecule has 0 unspecified atom stereocenters. The van der Waals surface area contributed by atoms with Gasteiger partial charge in [-0.1, -0.05) is 66.9 Å². The van der Waals surface area contributed by atoms with E-state index in [1.54, 1.807) is 38.1 Å². The van der Waals surface area contributed by atoms with Crippen molar-refractivity contribution in [3.05, 3.63) is 93.5 Å². The molecule has 2 atom stereocenters. The minimum absolute atomic E-state index is 0.0880. The number of amides is 2. The lowest BCUT2D eigenvalue weighted by atomic mass is 10.1. The molecular weight excluding hydrogens is 638 g/mol. The van der Waals surface area contributed by atoms with Gasteiger partial charge < -0.3 is 10.2 Å². The third-order valence-electron chi connectivity index (χ3n) is 7.08. The van der Waals surface area contributed by atoms with E-state index in [9.17, 15) is 31.2 Å². The van der Waals surface area contributed by atoms with Gasteiger partial charge in [-0.05, 0) is 74.7 Å². The Kier molecular flexibility index (Phi) is 11.7. The van der Waals surface area contributed by atoms with Crippen molar-refractivity contribution in [3.63, 3.8) is 0 Å². The van der Waals surface area contributed by atoms with Crippen LogP contribution in [-0.2, 0) is 32.3 Å². The number of nitrogens with zero attached hydrogens (tertiary/aromatic N) is 2. The van der Waals surface area contributed by atoms with Crippen LogP contribution in [-0.4, -0.2) is 43.8 Å². The smallest absolute Gasteiger partial charge is 0.352 e. The maximum absolute atomic E-state index is 14.1. The summed E-state index contributed by atoms with van der Waals surface area (Å²) in [5.74, 6) is -1.24. The van der Waals surface area contributed by atoms with Gasteiger partial charge in [-0.3, -0.25) is 13.9 Å². The number of nitrogens with one attached hydrogen (secondary N) is 1. The summed E-state index contributed by atoms with van der Waals surface area (Å²) in [6.07, 6.45) is -4.07. The molecule has 3 aromatic carbocycles. The fraction of sp³-hybridized carbons (Fsp3) is 0.355. The highest BCUT2D eigenvalue weighted by Crippen LogP contribution is 2.38. The molecule has 238 valence electrons. The molecule has 0 saturated heterocycles. The quantitative estimate of drug-likeness (QED) is 0.220. The number of carbonyl (C=O) groups is 2. The van der Waals surface area contributed by atoms with E-state index in [0.29, 0.717) is 27.4 Å². The summed E-state index contributed by atoms with van der Waals surface area (Å²) in [5, 5.41) is 2.69. The highest BCUT2D eigenvalue weighted by Gasteiger charge is 2.37. The van der Waals surface area contributed by atoms with Gasteiger partial charge in [-0.15, -0.1) is 0 Å². The molecule has 2 amide bonds. The molecule has 0 radical (unpaired) electrons. The Hall–Kier alpha value is -3.28. The third-order valence-corrected chi connectivity index (χ3v) is 9.45. The van der Waals surface area contributed by atoms with Gasteiger partial charge in [-0.25, -0.2) is 8.42 Å². The number of sulfonamides is 1. The Morgan fingerprint density at radius 2 is 1.55 bits per heavy atom. The maximum Gasteiger partial charge on any atom is 0.417 e. The lowest BCUT2D eigenvalue weighted by Gasteiger charge is -2.34. The summed E-state index contributed by atoms with van der Waals surface area (Å²) < 4.78 is 69.9. The van der Waals surface area contributed by atoms with E-state index in [1.165, 1.54) is 29.2 Å². The first-order chi connectivity index (χ1) is 20.6. The van der Waals surface area contributed by atoms with E-state index in [2.05, 4.69) is 5.32 Å². The van der Waals surface area contributed by atoms with Crippen LogP contribution in [0.15, 0.2) is 71.6 Å². The zero-order valence-electron chi connectivity index (χ0n) is 24.7. The monoisotopic (exact) mass is 671 g/mol. The van der Waals surface area contributed by atoms with Gasteiger partial charge >= 0.3 is 6.18 Å². The van der Waals surface area contributed by atoms with Crippen LogP contribution < -0.4 is 9.62 Å². The molecule has 0 aliphatic heterocycles. The van der Waals surface area contributed by atoms with E-state index in [4.69, 9.17) is 23.2 Å². The van der Waals surface area contributed by atoms with Gasteiger partial charge in [0.1, 0.15) is 12.6 Å². The molecule has 0 aliphatic carbocycles. The zero-order chi connectivity index (χ0) is 32.8. The van der Waals surface area contributed by atoms with Crippen LogP contribution in [0.5, 0.6) is 0 Å². The first-order valence-electron chi connectivity index (χ1n) is 13.9. The second-order valence-electron chi connectivity index (χ2n) is 10.4. The summed E-state index contributed by atoms with van der Waals surface area (Å²) in [6.45, 7) is 6.17. The molecule has 0 bridgehead atoms. The molecular formula is C31H34Cl2F3N3O4S. The van der Waals surface area contributed by atoms with E-state index < -0.39 is 56.9 Å². The molecule has 0 spiro atoms. The third kappa shape index (κ3) is 8.67. The standard InChI is InChI=1S/C31H34Cl2F3N3O4S/c1-5-21(4)37-30(41)28(6-2)38(18-22-9-11-23(32)12-10-22)29(40)19-39(44(42,43)25-14-7-20(3)8-15-25)24-13-16-27(33)26(17-24)31(34,35)36/h7-17,21,28H,5-6,18-19H2,1-4H3,(H,37,41)/t21-,28-/m0/s1. The summed E-state index contributed by atoms with van der Waals surface area (Å²) in [7, 11) is -4.57. The first kappa shape index (κ1) is 35.2. The second kappa shape index (κ2) is 14.7. The molecule has 13 heteroatoms. The molecule has 0 aliphatic rings. The van der Waals surface area contributed by atoms with Crippen LogP contribution in [0.1, 0.15) is 50.3 Å². The van der Waals surface area contributed by atoms with Crippen molar-refractivity contribution in [2.45, 2.75) is 70.2 Å². The molecule has 0 saturated carbocycles. The number of halogens is 5. The highest BCUT2D eigenvalue weighted by molar-refractivity contribution is 7.92. The van der Waals surface area contributed by atoms with E-state index in [-0.39, 0.29) is 23.9 Å². The van der Waals surface area contributed by atoms with Crippen molar-refractivity contribution >= 4 is 50.7 Å². The van der Waals surface area contributed by atoms with Gasteiger partial charge in [0, 0.05) is 17.6 Å². The van der Waals surface area contributed by atoms with Crippen molar-refractivity contribution in [1.29, 1.82) is 0 Å². The minimum atomic E-state index is -4.89. The molecule has 7 nitrogen and oxygen atoms in total. The first-order valence-corrected chi connectivity index (χ1v) is 16.1. The Balaban J connectivity index is 2.15. The SMILES string of the molecule is CC[C@H](C)NC(=O)[C@H](CC)N(Cc1ccc(Cl)cc1)C(=O)CN(c1ccc(Cl)c(C(F)(F)F)c1)S(=O)(=O)c1ccc(C)cc1. The molecule has 0 fully saturated rings. The van der Waals surface area contributed by atoms with Crippen LogP contribution in [0.25, 0.3) is 0 Å². The fourth-order valence-electron chi connectivity index (χ4n) is 4.40. The van der Waals surface area contributed by atoms with Crippen LogP contribution in [0.4, 0.5) is 18.9 Å². The molecule has 0 heterocycles. The predicted octanol–water partition coefficient (Wildman–Crippen LogP) is 7.24. The zero-order valence-corrected chi connectivity index (χ0v) is 27.0. The average molecular weight is 673 g/mol. The number of rotatable bonds is 12. The van der Waals surface area contributed by atoms with Crippen molar-refractivity contribution in [2.24, 2.45) is 0 Å². The molecule has 3 aromatic rings. The summed E-state index contributed by atoms with van der Waals surface area (Å²) >= 11 is 11.9. The number of aryl methyl sites for hydroxylation is 1. The van der Waals surface area contributed by atoms with Crippen LogP contribution in [0, 0.1) is 6.92 Å². The lowest BCUT2D eigenvalue weighted by molar-refractivity contribution is -0.140. The highest BCUT2D eigenvalue weighted by atomic mass is 35.5. The van der Waals surface area contributed by atoms with Crippen LogP contribution in [0.2, 0.25) is 10.0 Å². The fourth-order valence-corrected chi connectivity index (χ4v) is 6.16. The molecule has 3 rings (SSSR count). The van der Waals surface area contributed by atoms with Gasteiger partial charge in [0.05, 0.1) is 21.2 Å². The van der Waals surface area contributed by atoms with E-state index in [1.807, 2.05) is 13.8 Å². The van der Waals surface area contributed by atoms with E-state index >= 15 is 0 Å². The van der Waals surface area contributed by atoms with Crippen LogP contribution in [0.3, 0.4) is 0 Å². The predicted molar refractivity (Wildman–Crippen MR) is 166 cm³/mol. The summed E-state index contributed by atoms with van der Waals surface area (Å²) in [6, 6.07) is 13.7. The minimum Gasteiger partial charge on any atom is -0.352 e. The van der Waals surface area contributed by atoms with Gasteiger partial charge in [0.25, 0.3) is 10.0 Å². The number of alkyl halides is 3. The van der Waals surface area contributed by atoms with Crippen molar-refractivity contribution in [1.82, 2.24) is 10.2 Å². The number of carbonyl (C=O) groups excluding carboxylic acids is 2. The Morgan fingerprint density at radius 3 is 2.09 bits per heavy atom. The molecule has 1 N–H and O–H groups in total. The Bertz CT molecular complexity index is 1570. The number of hydrogen-bond donors (Lipinski definition) is 1. The Labute approximate surface area is 266 Å². The lowest BCUT2D eigenvalue weighted by Crippen LogP contribution is -2.53. The normalized spacial score (nSPS) is 13.2. The summed E-state index contributed by atoms with van der Waals surface area (Å²) in [4.78, 5) is 28.4. The van der Waals surface area contributed by atoms with Crippen LogP contribution >= 0.6 is 23.2 Å². The van der Waals surface area contributed by atoms with Gasteiger partial charge in [-0.2, -0.15) is 13.2 Å². The molecule has 44 heavy (non-hydrogen) atoms. The largest absolute Gasteiger partial charge is 0.417 e. The number of anilines is 1. The number of benzene rings is 3. The number of hydrogen-bond acceptors (Lipinski definition) is 4.